The Labute approximate surface area is 137 Å². The molecule has 0 saturated heterocycles. The SMILES string of the molecule is Cc1ccc(CC(CBr)Cc2ccc(C(C)C)cc2)cc1. The van der Waals surface area contributed by atoms with Crippen LogP contribution in [0.2, 0.25) is 0 Å². The molecule has 1 unspecified atom stereocenters. The molecule has 0 aliphatic rings. The van der Waals surface area contributed by atoms with Crippen molar-refractivity contribution in [2.24, 2.45) is 5.92 Å². The maximum absolute atomic E-state index is 3.68. The van der Waals surface area contributed by atoms with Gasteiger partial charge >= 0.3 is 0 Å². The summed E-state index contributed by atoms with van der Waals surface area (Å²) in [6.45, 7) is 6.63. The highest BCUT2D eigenvalue weighted by atomic mass is 79.9. The van der Waals surface area contributed by atoms with Gasteiger partial charge in [-0.1, -0.05) is 83.9 Å². The third-order valence-electron chi connectivity index (χ3n) is 4.03. The Bertz CT molecular complexity index is 537. The number of alkyl halides is 1. The first-order valence-corrected chi connectivity index (χ1v) is 8.91. The number of benzene rings is 2. The summed E-state index contributed by atoms with van der Waals surface area (Å²) in [7, 11) is 0. The molecule has 21 heavy (non-hydrogen) atoms. The summed E-state index contributed by atoms with van der Waals surface area (Å²) >= 11 is 3.68. The average Bonchev–Trinajstić information content (AvgIpc) is 2.49. The summed E-state index contributed by atoms with van der Waals surface area (Å²) in [4.78, 5) is 0. The zero-order valence-electron chi connectivity index (χ0n) is 13.3. The normalized spacial score (nSPS) is 12.6. The molecule has 0 heterocycles. The second kappa shape index (κ2) is 7.79. The van der Waals surface area contributed by atoms with E-state index in [1.165, 1.54) is 22.3 Å². The minimum absolute atomic E-state index is 0.610. The molecule has 0 nitrogen and oxygen atoms in total. The van der Waals surface area contributed by atoms with Gasteiger partial charge in [-0.25, -0.2) is 0 Å². The van der Waals surface area contributed by atoms with Gasteiger partial charge in [0.25, 0.3) is 0 Å². The Morgan fingerprint density at radius 1 is 0.810 bits per heavy atom. The predicted octanol–water partition coefficient (Wildman–Crippen LogP) is 5.91. The van der Waals surface area contributed by atoms with E-state index in [4.69, 9.17) is 0 Å². The Hall–Kier alpha value is -1.08. The van der Waals surface area contributed by atoms with Crippen molar-refractivity contribution in [1.29, 1.82) is 0 Å². The topological polar surface area (TPSA) is 0 Å². The van der Waals surface area contributed by atoms with Crippen LogP contribution < -0.4 is 0 Å². The largest absolute Gasteiger partial charge is 0.0925 e. The van der Waals surface area contributed by atoms with Crippen molar-refractivity contribution in [3.63, 3.8) is 0 Å². The fraction of sp³-hybridized carbons (Fsp3) is 0.400. The molecule has 0 amide bonds. The summed E-state index contributed by atoms with van der Waals surface area (Å²) in [6.07, 6.45) is 2.27. The number of rotatable bonds is 6. The lowest BCUT2D eigenvalue weighted by Gasteiger charge is -2.15. The molecule has 0 radical (unpaired) electrons. The summed E-state index contributed by atoms with van der Waals surface area (Å²) < 4.78 is 0. The molecule has 0 aliphatic carbocycles. The summed E-state index contributed by atoms with van der Waals surface area (Å²) in [5, 5.41) is 1.05. The fourth-order valence-electron chi connectivity index (χ4n) is 2.61. The van der Waals surface area contributed by atoms with Crippen LogP contribution in [0, 0.1) is 12.8 Å². The standard InChI is InChI=1S/C20H25Br/c1-15(2)20-10-8-18(9-11-20)13-19(14-21)12-17-6-4-16(3)5-7-17/h4-11,15,19H,12-14H2,1-3H3. The van der Waals surface area contributed by atoms with Crippen LogP contribution in [0.25, 0.3) is 0 Å². The molecule has 0 N–H and O–H groups in total. The Morgan fingerprint density at radius 3 is 1.71 bits per heavy atom. The van der Waals surface area contributed by atoms with Crippen molar-refractivity contribution in [1.82, 2.24) is 0 Å². The molecule has 0 aromatic heterocycles. The van der Waals surface area contributed by atoms with E-state index >= 15 is 0 Å². The molecule has 2 aromatic rings. The summed E-state index contributed by atoms with van der Waals surface area (Å²) in [5.74, 6) is 1.26. The smallest absolute Gasteiger partial charge is 0.00660 e. The molecule has 0 bridgehead atoms. The van der Waals surface area contributed by atoms with Crippen LogP contribution in [0.3, 0.4) is 0 Å². The second-order valence-corrected chi connectivity index (χ2v) is 6.96. The Balaban J connectivity index is 1.99. The van der Waals surface area contributed by atoms with E-state index in [0.29, 0.717) is 11.8 Å². The van der Waals surface area contributed by atoms with Crippen molar-refractivity contribution in [3.05, 3.63) is 70.8 Å². The van der Waals surface area contributed by atoms with E-state index in [0.717, 1.165) is 18.2 Å². The second-order valence-electron chi connectivity index (χ2n) is 6.31. The zero-order valence-corrected chi connectivity index (χ0v) is 14.9. The monoisotopic (exact) mass is 344 g/mol. The van der Waals surface area contributed by atoms with Gasteiger partial charge in [0.2, 0.25) is 0 Å². The molecule has 0 aliphatic heterocycles. The molecule has 2 rings (SSSR count). The minimum atomic E-state index is 0.610. The molecule has 2 aromatic carbocycles. The predicted molar refractivity (Wildman–Crippen MR) is 96.4 cm³/mol. The van der Waals surface area contributed by atoms with E-state index < -0.39 is 0 Å². The van der Waals surface area contributed by atoms with Crippen LogP contribution in [0.15, 0.2) is 48.5 Å². The first-order chi connectivity index (χ1) is 10.1. The van der Waals surface area contributed by atoms with E-state index in [-0.39, 0.29) is 0 Å². The molecular weight excluding hydrogens is 320 g/mol. The van der Waals surface area contributed by atoms with Gasteiger partial charge in [0.15, 0.2) is 0 Å². The van der Waals surface area contributed by atoms with E-state index in [2.05, 4.69) is 85.2 Å². The van der Waals surface area contributed by atoms with Gasteiger partial charge in [0.05, 0.1) is 0 Å². The van der Waals surface area contributed by atoms with Gasteiger partial charge in [-0.3, -0.25) is 0 Å². The fourth-order valence-corrected chi connectivity index (χ4v) is 3.07. The summed E-state index contributed by atoms with van der Waals surface area (Å²) in [5.41, 5.74) is 5.63. The van der Waals surface area contributed by atoms with Gasteiger partial charge < -0.3 is 0 Å². The third-order valence-corrected chi connectivity index (χ3v) is 4.95. The lowest BCUT2D eigenvalue weighted by Crippen LogP contribution is -2.10. The van der Waals surface area contributed by atoms with Gasteiger partial charge in [-0.15, -0.1) is 0 Å². The molecule has 0 spiro atoms. The number of hydrogen-bond acceptors (Lipinski definition) is 0. The summed E-state index contributed by atoms with van der Waals surface area (Å²) in [6, 6.07) is 18.1. The van der Waals surface area contributed by atoms with Crippen LogP contribution in [0.1, 0.15) is 42.0 Å². The van der Waals surface area contributed by atoms with Gasteiger partial charge in [0, 0.05) is 5.33 Å². The minimum Gasteiger partial charge on any atom is -0.0925 e. The van der Waals surface area contributed by atoms with Crippen molar-refractivity contribution in [2.75, 3.05) is 5.33 Å². The highest BCUT2D eigenvalue weighted by Crippen LogP contribution is 2.20. The highest BCUT2D eigenvalue weighted by Gasteiger charge is 2.10. The van der Waals surface area contributed by atoms with Crippen molar-refractivity contribution >= 4 is 15.9 Å². The molecular formula is C20H25Br. The lowest BCUT2D eigenvalue weighted by molar-refractivity contribution is 0.591. The van der Waals surface area contributed by atoms with Gasteiger partial charge in [-0.05, 0) is 48.3 Å². The van der Waals surface area contributed by atoms with Gasteiger partial charge in [-0.2, -0.15) is 0 Å². The van der Waals surface area contributed by atoms with Crippen LogP contribution in [-0.4, -0.2) is 5.33 Å². The molecule has 1 atom stereocenters. The van der Waals surface area contributed by atoms with Crippen LogP contribution >= 0.6 is 15.9 Å². The molecule has 112 valence electrons. The van der Waals surface area contributed by atoms with Crippen LogP contribution in [0.5, 0.6) is 0 Å². The van der Waals surface area contributed by atoms with E-state index in [9.17, 15) is 0 Å². The van der Waals surface area contributed by atoms with Crippen LogP contribution in [0.4, 0.5) is 0 Å². The maximum atomic E-state index is 3.68. The van der Waals surface area contributed by atoms with Crippen LogP contribution in [-0.2, 0) is 12.8 Å². The zero-order chi connectivity index (χ0) is 15.2. The first kappa shape index (κ1) is 16.3. The van der Waals surface area contributed by atoms with E-state index in [1.54, 1.807) is 0 Å². The first-order valence-electron chi connectivity index (χ1n) is 7.79. The van der Waals surface area contributed by atoms with Crippen molar-refractivity contribution < 1.29 is 0 Å². The Kier molecular flexibility index (Phi) is 6.05. The number of halogens is 1. The van der Waals surface area contributed by atoms with Crippen molar-refractivity contribution in [2.45, 2.75) is 39.5 Å². The molecule has 0 saturated carbocycles. The lowest BCUT2D eigenvalue weighted by atomic mass is 9.92. The number of hydrogen-bond donors (Lipinski definition) is 0. The molecule has 0 fully saturated rings. The highest BCUT2D eigenvalue weighted by molar-refractivity contribution is 9.09. The van der Waals surface area contributed by atoms with Gasteiger partial charge in [0.1, 0.15) is 0 Å². The quantitative estimate of drug-likeness (QED) is 0.571. The average molecular weight is 345 g/mol. The van der Waals surface area contributed by atoms with E-state index in [1.807, 2.05) is 0 Å². The maximum Gasteiger partial charge on any atom is 0.00660 e. The Morgan fingerprint density at radius 2 is 1.29 bits per heavy atom. The molecule has 1 heteroatoms. The third kappa shape index (κ3) is 5.00. The number of aryl methyl sites for hydroxylation is 1. The van der Waals surface area contributed by atoms with Crippen molar-refractivity contribution in [3.8, 4) is 0 Å².